The summed E-state index contributed by atoms with van der Waals surface area (Å²) in [5.74, 6) is -0.750. The molecule has 1 aromatic rings. The van der Waals surface area contributed by atoms with E-state index in [2.05, 4.69) is 39.6 Å². The molecule has 2 unspecified atom stereocenters. The summed E-state index contributed by atoms with van der Waals surface area (Å²) in [7, 11) is 0. The SMILES string of the molecule is CCCCN(CC(=O)CNCc1ccc(CC2=C(C)CN=CS2)cc1OCCN1CCN(C(=O)CC=O)C(C)C1)C(=O)C(NC(=O)C1(F)CC1)C(C)(C)C. The highest BCUT2D eigenvalue weighted by Gasteiger charge is 2.52. The molecule has 2 N–H and O–H groups in total. The number of hydrogen-bond acceptors (Lipinski definition) is 10. The van der Waals surface area contributed by atoms with E-state index < -0.39 is 23.0 Å². The van der Waals surface area contributed by atoms with Gasteiger partial charge in [0.25, 0.3) is 5.91 Å². The summed E-state index contributed by atoms with van der Waals surface area (Å²) in [4.78, 5) is 74.0. The zero-order valence-corrected chi connectivity index (χ0v) is 33.7. The van der Waals surface area contributed by atoms with Crippen LogP contribution in [0.4, 0.5) is 4.39 Å². The van der Waals surface area contributed by atoms with Crippen molar-refractivity contribution in [1.82, 2.24) is 25.3 Å². The predicted octanol–water partition coefficient (Wildman–Crippen LogP) is 4.10. The smallest absolute Gasteiger partial charge is 0.258 e. The molecule has 1 saturated heterocycles. The topological polar surface area (TPSA) is 141 Å². The lowest BCUT2D eigenvalue weighted by Gasteiger charge is -2.39. The van der Waals surface area contributed by atoms with Crippen LogP contribution in [0.3, 0.4) is 0 Å². The summed E-state index contributed by atoms with van der Waals surface area (Å²) in [6.45, 7) is 15.9. The molecule has 1 aromatic carbocycles. The number of rotatable bonds is 20. The van der Waals surface area contributed by atoms with Gasteiger partial charge in [-0.05, 0) is 60.6 Å². The van der Waals surface area contributed by atoms with Gasteiger partial charge >= 0.3 is 0 Å². The lowest BCUT2D eigenvalue weighted by atomic mass is 9.85. The normalized spacial score (nSPS) is 18.9. The van der Waals surface area contributed by atoms with E-state index in [1.54, 1.807) is 16.7 Å². The Hall–Kier alpha value is -3.62. The number of aldehydes is 1. The number of hydrogen-bond donors (Lipinski definition) is 2. The highest BCUT2D eigenvalue weighted by atomic mass is 32.2. The quantitative estimate of drug-likeness (QED) is 0.148. The van der Waals surface area contributed by atoms with Crippen LogP contribution in [-0.2, 0) is 36.9 Å². The van der Waals surface area contributed by atoms with E-state index >= 15 is 0 Å². The minimum atomic E-state index is -1.91. The van der Waals surface area contributed by atoms with Crippen LogP contribution in [0.2, 0.25) is 0 Å². The number of amides is 3. The van der Waals surface area contributed by atoms with Crippen molar-refractivity contribution < 1.29 is 33.1 Å². The van der Waals surface area contributed by atoms with Gasteiger partial charge in [0.15, 0.2) is 11.5 Å². The molecule has 0 aromatic heterocycles. The number of nitrogens with zero attached hydrogens (tertiary/aromatic N) is 4. The van der Waals surface area contributed by atoms with Crippen molar-refractivity contribution in [3.05, 3.63) is 39.8 Å². The summed E-state index contributed by atoms with van der Waals surface area (Å²) < 4.78 is 21.0. The van der Waals surface area contributed by atoms with Gasteiger partial charge in [0.1, 0.15) is 24.7 Å². The fourth-order valence-corrected chi connectivity index (χ4v) is 7.35. The molecule has 4 rings (SSSR count). The van der Waals surface area contributed by atoms with E-state index in [1.807, 2.05) is 46.2 Å². The Morgan fingerprint density at radius 3 is 2.61 bits per heavy atom. The summed E-state index contributed by atoms with van der Waals surface area (Å²) >= 11 is 1.63. The second kappa shape index (κ2) is 19.8. The number of piperazine rings is 1. The highest BCUT2D eigenvalue weighted by Crippen LogP contribution is 2.40. The van der Waals surface area contributed by atoms with E-state index in [0.29, 0.717) is 65.1 Å². The summed E-state index contributed by atoms with van der Waals surface area (Å²) in [5, 5.41) is 5.91. The van der Waals surface area contributed by atoms with Crippen molar-refractivity contribution in [3.8, 4) is 5.75 Å². The van der Waals surface area contributed by atoms with Crippen LogP contribution in [0.25, 0.3) is 0 Å². The molecule has 3 aliphatic rings. The zero-order valence-electron chi connectivity index (χ0n) is 32.9. The fourth-order valence-electron chi connectivity index (χ4n) is 6.56. The number of nitrogens with one attached hydrogen (secondary N) is 2. The van der Waals surface area contributed by atoms with Crippen molar-refractivity contribution >= 4 is 47.1 Å². The molecule has 1 saturated carbocycles. The number of thioether (sulfide) groups is 1. The Balaban J connectivity index is 1.39. The maximum Gasteiger partial charge on any atom is 0.258 e. The first-order valence-electron chi connectivity index (χ1n) is 19.2. The Morgan fingerprint density at radius 2 is 1.96 bits per heavy atom. The van der Waals surface area contributed by atoms with Gasteiger partial charge < -0.3 is 30.0 Å². The number of halogens is 1. The van der Waals surface area contributed by atoms with Crippen LogP contribution in [0.1, 0.15) is 84.8 Å². The number of benzene rings is 1. The predicted molar refractivity (Wildman–Crippen MR) is 210 cm³/mol. The van der Waals surface area contributed by atoms with Gasteiger partial charge in [-0.3, -0.25) is 29.1 Å². The monoisotopic (exact) mass is 770 g/mol. The van der Waals surface area contributed by atoms with Crippen molar-refractivity contribution in [1.29, 1.82) is 0 Å². The number of Topliss-reactive ketones (excluding diaryl/α,β-unsaturated/α-hetero) is 1. The van der Waals surface area contributed by atoms with Crippen LogP contribution in [-0.4, -0.2) is 127 Å². The van der Waals surface area contributed by atoms with Gasteiger partial charge in [0, 0.05) is 57.3 Å². The van der Waals surface area contributed by atoms with Gasteiger partial charge in [-0.25, -0.2) is 4.39 Å². The lowest BCUT2D eigenvalue weighted by molar-refractivity contribution is -0.143. The van der Waals surface area contributed by atoms with E-state index in [1.165, 1.54) is 15.4 Å². The third kappa shape index (κ3) is 12.5. The molecule has 14 heteroatoms. The fraction of sp³-hybridized carbons (Fsp3) is 0.650. The van der Waals surface area contributed by atoms with E-state index in [0.717, 1.165) is 29.7 Å². The number of aliphatic imine (C=N–C) groups is 1. The number of ketones is 1. The van der Waals surface area contributed by atoms with Crippen LogP contribution in [0.5, 0.6) is 5.75 Å². The Morgan fingerprint density at radius 1 is 1.20 bits per heavy atom. The standard InChI is InChI=1S/C40H59FN6O6S/c1-7-8-14-46(37(51)36(39(4,5)6)44-38(52)40(41)12-13-40)26-32(49)24-42-23-31-10-9-30(21-34-28(2)22-43-27-54-34)20-33(31)53-19-17-45-15-16-47(29(3)25-45)35(50)11-18-48/h9-10,18,20,27,29,36,42H,7-8,11-17,19,21-26H2,1-6H3,(H,44,52). The Kier molecular flexibility index (Phi) is 15.8. The Bertz CT molecular complexity index is 1570. The maximum atomic E-state index is 14.6. The van der Waals surface area contributed by atoms with Crippen molar-refractivity contribution in [3.63, 3.8) is 0 Å². The zero-order chi connectivity index (χ0) is 39.5. The van der Waals surface area contributed by atoms with Gasteiger partial charge in [-0.2, -0.15) is 0 Å². The molecular formula is C40H59FN6O6S. The molecule has 2 fully saturated rings. The third-order valence-corrected chi connectivity index (χ3v) is 11.1. The molecule has 0 radical (unpaired) electrons. The van der Waals surface area contributed by atoms with Gasteiger partial charge in [-0.1, -0.05) is 58.0 Å². The molecule has 54 heavy (non-hydrogen) atoms. The number of allylic oxidation sites excluding steroid dienone is 1. The average molecular weight is 771 g/mol. The van der Waals surface area contributed by atoms with Gasteiger partial charge in [-0.15, -0.1) is 0 Å². The molecule has 2 aliphatic heterocycles. The summed E-state index contributed by atoms with van der Waals surface area (Å²) in [5.41, 5.74) is 2.52. The number of alkyl halides is 1. The number of carbonyl (C=O) groups is 5. The van der Waals surface area contributed by atoms with E-state index in [9.17, 15) is 28.4 Å². The van der Waals surface area contributed by atoms with Gasteiger partial charge in [0.2, 0.25) is 11.8 Å². The largest absolute Gasteiger partial charge is 0.492 e. The molecule has 3 amide bonds. The van der Waals surface area contributed by atoms with Crippen molar-refractivity contribution in [2.45, 2.75) is 104 Å². The second-order valence-electron chi connectivity index (χ2n) is 15.8. The van der Waals surface area contributed by atoms with Crippen LogP contribution in [0, 0.1) is 5.41 Å². The molecular weight excluding hydrogens is 712 g/mol. The molecule has 1 aliphatic carbocycles. The van der Waals surface area contributed by atoms with E-state index in [-0.39, 0.29) is 56.0 Å². The first-order valence-corrected chi connectivity index (χ1v) is 20.1. The third-order valence-electron chi connectivity index (χ3n) is 10.1. The van der Waals surface area contributed by atoms with E-state index in [4.69, 9.17) is 4.74 Å². The first-order chi connectivity index (χ1) is 25.6. The summed E-state index contributed by atoms with van der Waals surface area (Å²) in [6.07, 6.45) is 3.11. The van der Waals surface area contributed by atoms with Crippen LogP contribution in [0.15, 0.2) is 33.7 Å². The lowest BCUT2D eigenvalue weighted by Crippen LogP contribution is -2.57. The second-order valence-corrected chi connectivity index (χ2v) is 16.8. The molecule has 0 spiro atoms. The van der Waals surface area contributed by atoms with Crippen LogP contribution < -0.4 is 15.4 Å². The number of unbranched alkanes of at least 4 members (excludes halogenated alkanes) is 1. The molecule has 12 nitrogen and oxygen atoms in total. The minimum Gasteiger partial charge on any atom is -0.492 e. The molecule has 2 heterocycles. The maximum absolute atomic E-state index is 14.6. The first kappa shape index (κ1) is 43.1. The van der Waals surface area contributed by atoms with Crippen molar-refractivity contribution in [2.24, 2.45) is 10.4 Å². The highest BCUT2D eigenvalue weighted by molar-refractivity contribution is 8.15. The molecule has 298 valence electrons. The van der Waals surface area contributed by atoms with Crippen molar-refractivity contribution in [2.75, 3.05) is 59.0 Å². The average Bonchev–Trinajstić information content (AvgIpc) is 3.88. The summed E-state index contributed by atoms with van der Waals surface area (Å²) in [6, 6.07) is 5.18. The number of ether oxygens (including phenoxy) is 1. The molecule has 2 atom stereocenters. The van der Waals surface area contributed by atoms with Crippen LogP contribution >= 0.6 is 11.8 Å². The number of carbonyl (C=O) groups excluding carboxylic acids is 5. The molecule has 0 bridgehead atoms. The van der Waals surface area contributed by atoms with Gasteiger partial charge in [0.05, 0.1) is 31.6 Å². The Labute approximate surface area is 324 Å². The minimum absolute atomic E-state index is 0.00356.